The number of nitrogens with zero attached hydrogens (tertiary/aromatic N) is 4. The maximum absolute atomic E-state index is 12.6. The van der Waals surface area contributed by atoms with Crippen molar-refractivity contribution in [2.24, 2.45) is 0 Å². The molecule has 0 saturated carbocycles. The summed E-state index contributed by atoms with van der Waals surface area (Å²) in [6, 6.07) is 16.6. The van der Waals surface area contributed by atoms with Crippen molar-refractivity contribution in [1.82, 2.24) is 19.7 Å². The summed E-state index contributed by atoms with van der Waals surface area (Å²) < 4.78 is 1.66. The molecule has 6 heteroatoms. The van der Waals surface area contributed by atoms with Crippen LogP contribution in [0.5, 0.6) is 0 Å². The highest BCUT2D eigenvalue weighted by Crippen LogP contribution is 2.40. The van der Waals surface area contributed by atoms with Crippen LogP contribution in [0.1, 0.15) is 40.5 Å². The Balaban J connectivity index is 1.68. The number of amides is 1. The van der Waals surface area contributed by atoms with Gasteiger partial charge in [0.05, 0.1) is 5.69 Å². The standard InChI is InChI=1S/C23H21N5O/c1-13-10-14(2)25-23(24-13)28-22-21(15(3)27-28)19(12-20(29)26-22)18-9-8-16-6-4-5-7-17(16)11-18/h4-11,19H,12H2,1-3H3,(H,26,29). The predicted molar refractivity (Wildman–Crippen MR) is 112 cm³/mol. The van der Waals surface area contributed by atoms with Crippen LogP contribution in [0.4, 0.5) is 5.82 Å². The van der Waals surface area contributed by atoms with Crippen LogP contribution in [0.15, 0.2) is 48.5 Å². The van der Waals surface area contributed by atoms with Crippen LogP contribution in [-0.2, 0) is 4.79 Å². The molecule has 1 aliphatic heterocycles. The first-order valence-electron chi connectivity index (χ1n) is 9.70. The number of aromatic nitrogens is 4. The largest absolute Gasteiger partial charge is 0.310 e. The molecular weight excluding hydrogens is 362 g/mol. The van der Waals surface area contributed by atoms with Gasteiger partial charge in [-0.25, -0.2) is 9.97 Å². The molecule has 2 aromatic heterocycles. The van der Waals surface area contributed by atoms with Crippen LogP contribution in [0, 0.1) is 20.8 Å². The number of carbonyl (C=O) groups is 1. The lowest BCUT2D eigenvalue weighted by molar-refractivity contribution is -0.116. The van der Waals surface area contributed by atoms with Gasteiger partial charge < -0.3 is 5.32 Å². The van der Waals surface area contributed by atoms with E-state index in [0.29, 0.717) is 18.2 Å². The molecule has 4 aromatic rings. The van der Waals surface area contributed by atoms with Crippen molar-refractivity contribution in [3.8, 4) is 5.95 Å². The fourth-order valence-corrected chi connectivity index (χ4v) is 4.20. The lowest BCUT2D eigenvalue weighted by Gasteiger charge is -2.24. The first-order chi connectivity index (χ1) is 14.0. The molecule has 1 unspecified atom stereocenters. The molecule has 3 heterocycles. The van der Waals surface area contributed by atoms with Crippen LogP contribution in [0.25, 0.3) is 16.7 Å². The highest BCUT2D eigenvalue weighted by molar-refractivity contribution is 5.95. The van der Waals surface area contributed by atoms with E-state index in [1.54, 1.807) is 4.68 Å². The molecule has 5 rings (SSSR count). The number of benzene rings is 2. The summed E-state index contributed by atoms with van der Waals surface area (Å²) in [6.45, 7) is 5.83. The van der Waals surface area contributed by atoms with Gasteiger partial charge in [0.1, 0.15) is 5.82 Å². The van der Waals surface area contributed by atoms with E-state index in [-0.39, 0.29) is 11.8 Å². The second-order valence-corrected chi connectivity index (χ2v) is 7.62. The zero-order valence-electron chi connectivity index (χ0n) is 16.6. The van der Waals surface area contributed by atoms with E-state index in [9.17, 15) is 4.79 Å². The molecule has 1 atom stereocenters. The molecule has 1 amide bonds. The third-order valence-electron chi connectivity index (χ3n) is 5.44. The minimum atomic E-state index is -0.0528. The second-order valence-electron chi connectivity index (χ2n) is 7.62. The average Bonchev–Trinajstić information content (AvgIpc) is 3.02. The maximum atomic E-state index is 12.6. The number of aryl methyl sites for hydroxylation is 3. The topological polar surface area (TPSA) is 72.7 Å². The maximum Gasteiger partial charge on any atom is 0.252 e. The smallest absolute Gasteiger partial charge is 0.252 e. The monoisotopic (exact) mass is 383 g/mol. The van der Waals surface area contributed by atoms with E-state index < -0.39 is 0 Å². The molecule has 144 valence electrons. The third kappa shape index (κ3) is 2.97. The lowest BCUT2D eigenvalue weighted by Crippen LogP contribution is -2.25. The van der Waals surface area contributed by atoms with Crippen molar-refractivity contribution in [2.45, 2.75) is 33.1 Å². The molecule has 0 radical (unpaired) electrons. The average molecular weight is 383 g/mol. The van der Waals surface area contributed by atoms with Crippen molar-refractivity contribution in [2.75, 3.05) is 5.32 Å². The van der Waals surface area contributed by atoms with Crippen LogP contribution in [0.2, 0.25) is 0 Å². The summed E-state index contributed by atoms with van der Waals surface area (Å²) in [7, 11) is 0. The Morgan fingerprint density at radius 2 is 1.69 bits per heavy atom. The fraction of sp³-hybridized carbons (Fsp3) is 0.217. The number of fused-ring (bicyclic) bond motifs is 2. The Morgan fingerprint density at radius 1 is 0.966 bits per heavy atom. The number of rotatable bonds is 2. The number of anilines is 1. The van der Waals surface area contributed by atoms with Gasteiger partial charge in [0.25, 0.3) is 5.95 Å². The fourth-order valence-electron chi connectivity index (χ4n) is 4.20. The Morgan fingerprint density at radius 3 is 2.45 bits per heavy atom. The Bertz CT molecular complexity index is 1250. The number of nitrogens with one attached hydrogen (secondary N) is 1. The van der Waals surface area contributed by atoms with E-state index >= 15 is 0 Å². The summed E-state index contributed by atoms with van der Waals surface area (Å²) in [5.41, 5.74) is 4.75. The Labute approximate surface area is 168 Å². The minimum absolute atomic E-state index is 0.0267. The quantitative estimate of drug-likeness (QED) is 0.563. The van der Waals surface area contributed by atoms with Gasteiger partial charge in [-0.05, 0) is 43.2 Å². The second kappa shape index (κ2) is 6.51. The summed E-state index contributed by atoms with van der Waals surface area (Å²) in [5.74, 6) is 1.07. The van der Waals surface area contributed by atoms with Crippen molar-refractivity contribution in [1.29, 1.82) is 0 Å². The summed E-state index contributed by atoms with van der Waals surface area (Å²) in [5, 5.41) is 10.1. The van der Waals surface area contributed by atoms with Crippen LogP contribution in [-0.4, -0.2) is 25.7 Å². The normalized spacial score (nSPS) is 16.0. The first kappa shape index (κ1) is 17.6. The molecule has 6 nitrogen and oxygen atoms in total. The van der Waals surface area contributed by atoms with Crippen molar-refractivity contribution in [3.05, 3.63) is 76.7 Å². The van der Waals surface area contributed by atoms with E-state index in [0.717, 1.165) is 28.2 Å². The first-order valence-corrected chi connectivity index (χ1v) is 9.70. The van der Waals surface area contributed by atoms with E-state index in [2.05, 4.69) is 45.6 Å². The molecule has 2 aromatic carbocycles. The summed E-state index contributed by atoms with van der Waals surface area (Å²) in [4.78, 5) is 21.7. The van der Waals surface area contributed by atoms with Crippen molar-refractivity contribution in [3.63, 3.8) is 0 Å². The predicted octanol–water partition coefficient (Wildman–Crippen LogP) is 4.21. The highest BCUT2D eigenvalue weighted by atomic mass is 16.1. The van der Waals surface area contributed by atoms with E-state index in [1.165, 1.54) is 10.8 Å². The highest BCUT2D eigenvalue weighted by Gasteiger charge is 2.33. The van der Waals surface area contributed by atoms with Crippen LogP contribution in [0.3, 0.4) is 0 Å². The minimum Gasteiger partial charge on any atom is -0.310 e. The number of hydrogen-bond donors (Lipinski definition) is 1. The molecule has 0 fully saturated rings. The van der Waals surface area contributed by atoms with Crippen molar-refractivity contribution < 1.29 is 4.79 Å². The summed E-state index contributed by atoms with van der Waals surface area (Å²) >= 11 is 0. The lowest BCUT2D eigenvalue weighted by atomic mass is 9.85. The Hall–Kier alpha value is -3.54. The Kier molecular flexibility index (Phi) is 3.94. The van der Waals surface area contributed by atoms with Crippen molar-refractivity contribution >= 4 is 22.5 Å². The molecule has 1 aliphatic rings. The number of hydrogen-bond acceptors (Lipinski definition) is 4. The molecule has 0 spiro atoms. The van der Waals surface area contributed by atoms with Gasteiger partial charge in [-0.1, -0.05) is 42.5 Å². The van der Waals surface area contributed by atoms with Gasteiger partial charge in [0, 0.05) is 29.3 Å². The van der Waals surface area contributed by atoms with Gasteiger partial charge in [0.15, 0.2) is 0 Å². The summed E-state index contributed by atoms with van der Waals surface area (Å²) in [6.07, 6.45) is 0.394. The van der Waals surface area contributed by atoms with Gasteiger partial charge in [-0.2, -0.15) is 9.78 Å². The van der Waals surface area contributed by atoms with E-state index in [4.69, 9.17) is 5.10 Å². The molecular formula is C23H21N5O. The molecule has 0 saturated heterocycles. The molecule has 0 bridgehead atoms. The number of carbonyl (C=O) groups excluding carboxylic acids is 1. The van der Waals surface area contributed by atoms with E-state index in [1.807, 2.05) is 39.0 Å². The molecule has 1 N–H and O–H groups in total. The molecule has 29 heavy (non-hydrogen) atoms. The third-order valence-corrected chi connectivity index (χ3v) is 5.44. The van der Waals surface area contributed by atoms with Crippen LogP contribution >= 0.6 is 0 Å². The van der Waals surface area contributed by atoms with Gasteiger partial charge >= 0.3 is 0 Å². The zero-order valence-corrected chi connectivity index (χ0v) is 16.6. The molecule has 0 aliphatic carbocycles. The van der Waals surface area contributed by atoms with Gasteiger partial charge in [-0.15, -0.1) is 0 Å². The van der Waals surface area contributed by atoms with Crippen LogP contribution < -0.4 is 5.32 Å². The van der Waals surface area contributed by atoms with Gasteiger partial charge in [-0.3, -0.25) is 4.79 Å². The SMILES string of the molecule is Cc1cc(C)nc(-n2nc(C)c3c2NC(=O)CC3c2ccc3ccccc3c2)n1. The zero-order chi connectivity index (χ0) is 20.1. The van der Waals surface area contributed by atoms with Gasteiger partial charge in [0.2, 0.25) is 5.91 Å².